The van der Waals surface area contributed by atoms with Crippen molar-refractivity contribution in [1.29, 1.82) is 0 Å². The minimum Gasteiger partial charge on any atom is -0.449 e. The van der Waals surface area contributed by atoms with Crippen molar-refractivity contribution in [2.45, 2.75) is 213 Å². The molecule has 5 heteroatoms. The number of carbonyl (C=O) groups is 1. The zero-order valence-electron chi connectivity index (χ0n) is 32.0. The smallest absolute Gasteiger partial charge is 0.409 e. The van der Waals surface area contributed by atoms with Gasteiger partial charge in [0.25, 0.3) is 0 Å². The van der Waals surface area contributed by atoms with Crippen LogP contribution in [0.25, 0.3) is 0 Å². The van der Waals surface area contributed by atoms with Crippen molar-refractivity contribution >= 4 is 6.09 Å². The maximum Gasteiger partial charge on any atom is 0.409 e. The molecule has 0 N–H and O–H groups in total. The number of carbonyl (C=O) groups excluding carboxylic acids is 1. The molecule has 0 spiro atoms. The molecule has 270 valence electrons. The molecule has 0 aromatic carbocycles. The van der Waals surface area contributed by atoms with Gasteiger partial charge in [0.15, 0.2) is 0 Å². The number of hydrogen-bond donors (Lipinski definition) is 0. The fourth-order valence-electron chi connectivity index (χ4n) is 6.14. The topological polar surface area (TPSA) is 48.0 Å². The maximum atomic E-state index is 12.9. The third kappa shape index (κ3) is 29.1. The molecule has 1 amide bonds. The Kier molecular flexibility index (Phi) is 28.8. The first-order chi connectivity index (χ1) is 21.6. The molecule has 0 atom stereocenters. The average molecular weight is 640 g/mol. The van der Waals surface area contributed by atoms with Crippen LogP contribution in [0.4, 0.5) is 4.79 Å². The van der Waals surface area contributed by atoms with E-state index in [-0.39, 0.29) is 17.3 Å². The lowest BCUT2D eigenvalue weighted by Crippen LogP contribution is -2.33. The Hall–Kier alpha value is -0.810. The molecule has 0 heterocycles. The molecule has 45 heavy (non-hydrogen) atoms. The quantitative estimate of drug-likeness (QED) is 0.0670. The van der Waals surface area contributed by atoms with Crippen LogP contribution in [0, 0.1) is 5.92 Å². The van der Waals surface area contributed by atoms with Gasteiger partial charge in [-0.05, 0) is 65.7 Å². The summed E-state index contributed by atoms with van der Waals surface area (Å²) < 4.78 is 17.3. The van der Waals surface area contributed by atoms with Crippen molar-refractivity contribution in [3.63, 3.8) is 0 Å². The molecule has 0 saturated carbocycles. The van der Waals surface area contributed by atoms with E-state index in [1.807, 2.05) is 11.9 Å². The highest BCUT2D eigenvalue weighted by Gasteiger charge is 2.22. The van der Waals surface area contributed by atoms with Crippen molar-refractivity contribution in [3.05, 3.63) is 0 Å². The predicted molar refractivity (Wildman–Crippen MR) is 195 cm³/mol. The van der Waals surface area contributed by atoms with Gasteiger partial charge in [-0.15, -0.1) is 0 Å². The molecular formula is C40H81NO4. The van der Waals surface area contributed by atoms with Crippen molar-refractivity contribution in [3.8, 4) is 0 Å². The monoisotopic (exact) mass is 640 g/mol. The minimum absolute atomic E-state index is 0.171. The Labute approximate surface area is 282 Å². The van der Waals surface area contributed by atoms with E-state index < -0.39 is 0 Å². The average Bonchev–Trinajstić information content (AvgIpc) is 3.00. The summed E-state index contributed by atoms with van der Waals surface area (Å²) in [4.78, 5) is 14.7. The molecule has 0 saturated heterocycles. The Morgan fingerprint density at radius 2 is 1.00 bits per heavy atom. The largest absolute Gasteiger partial charge is 0.449 e. The summed E-state index contributed by atoms with van der Waals surface area (Å²) in [6, 6.07) is 0. The van der Waals surface area contributed by atoms with Gasteiger partial charge >= 0.3 is 6.09 Å². The third-order valence-electron chi connectivity index (χ3n) is 9.67. The van der Waals surface area contributed by atoms with Crippen LogP contribution in [-0.4, -0.2) is 56.1 Å². The van der Waals surface area contributed by atoms with E-state index >= 15 is 0 Å². The molecule has 0 fully saturated rings. The van der Waals surface area contributed by atoms with E-state index in [1.165, 1.54) is 141 Å². The summed E-state index contributed by atoms with van der Waals surface area (Å²) in [5, 5.41) is 0. The van der Waals surface area contributed by atoms with Gasteiger partial charge in [-0.25, -0.2) is 4.79 Å². The van der Waals surface area contributed by atoms with E-state index in [1.54, 1.807) is 7.11 Å². The molecule has 0 bridgehead atoms. The van der Waals surface area contributed by atoms with Crippen LogP contribution in [-0.2, 0) is 14.2 Å². The number of rotatable bonds is 33. The number of methoxy groups -OCH3 is 1. The number of hydrogen-bond acceptors (Lipinski definition) is 4. The Morgan fingerprint density at radius 1 is 0.578 bits per heavy atom. The Bertz CT molecular complexity index is 626. The first-order valence-electron chi connectivity index (χ1n) is 19.6. The lowest BCUT2D eigenvalue weighted by Gasteiger charge is -2.29. The van der Waals surface area contributed by atoms with Crippen LogP contribution in [0.2, 0.25) is 0 Å². The molecule has 5 nitrogen and oxygen atoms in total. The SMILES string of the molecule is CCCCCCCCCCCCC(CCCCCCCCCCCC)CN(C)C(=O)OCCCC(C)(C)OCCC(C)(C)OC. The normalized spacial score (nSPS) is 12.3. The van der Waals surface area contributed by atoms with Crippen LogP contribution in [0.1, 0.15) is 202 Å². The second-order valence-corrected chi connectivity index (χ2v) is 15.2. The lowest BCUT2D eigenvalue weighted by atomic mass is 9.93. The molecule has 0 aromatic rings. The number of amides is 1. The van der Waals surface area contributed by atoms with Crippen molar-refractivity contribution < 1.29 is 19.0 Å². The van der Waals surface area contributed by atoms with Crippen LogP contribution in [0.5, 0.6) is 0 Å². The molecule has 0 aliphatic heterocycles. The number of nitrogens with zero attached hydrogens (tertiary/aromatic N) is 1. The van der Waals surface area contributed by atoms with Crippen molar-refractivity contribution in [2.75, 3.05) is 33.9 Å². The summed E-state index contributed by atoms with van der Waals surface area (Å²) in [5.41, 5.74) is -0.410. The van der Waals surface area contributed by atoms with Crippen molar-refractivity contribution in [2.24, 2.45) is 5.92 Å². The molecule has 0 unspecified atom stereocenters. The van der Waals surface area contributed by atoms with Gasteiger partial charge in [0.05, 0.1) is 24.4 Å². The Balaban J connectivity index is 4.43. The summed E-state index contributed by atoms with van der Waals surface area (Å²) >= 11 is 0. The van der Waals surface area contributed by atoms with Crippen LogP contribution in [0.3, 0.4) is 0 Å². The first kappa shape index (κ1) is 44.2. The summed E-state index contributed by atoms with van der Waals surface area (Å²) in [5.74, 6) is 0.578. The summed E-state index contributed by atoms with van der Waals surface area (Å²) in [6.07, 6.45) is 32.2. The standard InChI is InChI=1S/C40H81NO4/c1-9-11-13-15-17-19-21-23-25-27-30-37(31-28-26-24-22-20-18-16-14-12-10-2)36-41(7)38(42)44-34-29-32-40(5,6)45-35-33-39(3,4)43-8/h37H,9-36H2,1-8H3. The minimum atomic E-state index is -0.239. The molecule has 0 aliphatic carbocycles. The van der Waals surface area contributed by atoms with E-state index in [4.69, 9.17) is 14.2 Å². The fourth-order valence-corrected chi connectivity index (χ4v) is 6.14. The highest BCUT2D eigenvalue weighted by molar-refractivity contribution is 5.67. The molecule has 0 radical (unpaired) electrons. The predicted octanol–water partition coefficient (Wildman–Crippen LogP) is 12.7. The van der Waals surface area contributed by atoms with E-state index in [0.717, 1.165) is 25.8 Å². The zero-order valence-corrected chi connectivity index (χ0v) is 32.0. The highest BCUT2D eigenvalue weighted by atomic mass is 16.6. The van der Waals surface area contributed by atoms with Crippen LogP contribution >= 0.6 is 0 Å². The summed E-state index contributed by atoms with van der Waals surface area (Å²) in [7, 11) is 3.67. The fraction of sp³-hybridized carbons (Fsp3) is 0.975. The van der Waals surface area contributed by atoms with Gasteiger partial charge < -0.3 is 19.1 Å². The lowest BCUT2D eigenvalue weighted by molar-refractivity contribution is -0.0632. The molecule has 0 rings (SSSR count). The second-order valence-electron chi connectivity index (χ2n) is 15.2. The number of ether oxygens (including phenoxy) is 3. The second kappa shape index (κ2) is 29.3. The Morgan fingerprint density at radius 3 is 1.42 bits per heavy atom. The summed E-state index contributed by atoms with van der Waals surface area (Å²) in [6.45, 7) is 14.9. The first-order valence-corrected chi connectivity index (χ1v) is 19.6. The van der Waals surface area contributed by atoms with Crippen molar-refractivity contribution in [1.82, 2.24) is 4.90 Å². The van der Waals surface area contributed by atoms with Gasteiger partial charge in [-0.1, -0.05) is 142 Å². The maximum absolute atomic E-state index is 12.9. The van der Waals surface area contributed by atoms with E-state index in [9.17, 15) is 4.79 Å². The van der Waals surface area contributed by atoms with E-state index in [0.29, 0.717) is 19.1 Å². The van der Waals surface area contributed by atoms with E-state index in [2.05, 4.69) is 41.5 Å². The molecule has 0 aliphatic rings. The van der Waals surface area contributed by atoms with Crippen LogP contribution in [0.15, 0.2) is 0 Å². The van der Waals surface area contributed by atoms with Gasteiger partial charge in [-0.2, -0.15) is 0 Å². The number of unbranched alkanes of at least 4 members (excludes halogenated alkanes) is 18. The van der Waals surface area contributed by atoms with Gasteiger partial charge in [0.1, 0.15) is 0 Å². The van der Waals surface area contributed by atoms with Crippen LogP contribution < -0.4 is 0 Å². The van der Waals surface area contributed by atoms with Gasteiger partial charge in [-0.3, -0.25) is 0 Å². The van der Waals surface area contributed by atoms with Gasteiger partial charge in [0, 0.05) is 20.7 Å². The zero-order chi connectivity index (χ0) is 33.7. The molecular weight excluding hydrogens is 558 g/mol. The van der Waals surface area contributed by atoms with Gasteiger partial charge in [0.2, 0.25) is 0 Å². The third-order valence-corrected chi connectivity index (χ3v) is 9.67. The molecule has 0 aromatic heterocycles. The highest BCUT2D eigenvalue weighted by Crippen LogP contribution is 2.22.